The van der Waals surface area contributed by atoms with Crippen molar-refractivity contribution in [3.63, 3.8) is 0 Å². The van der Waals surface area contributed by atoms with E-state index < -0.39 is 5.41 Å². The zero-order valence-electron chi connectivity index (χ0n) is 37.2. The summed E-state index contributed by atoms with van der Waals surface area (Å²) in [5.41, 5.74) is 22.6. The van der Waals surface area contributed by atoms with Gasteiger partial charge in [0.1, 0.15) is 0 Å². The highest BCUT2D eigenvalue weighted by atomic mass is 15.2. The first kappa shape index (κ1) is 39.4. The van der Waals surface area contributed by atoms with Crippen molar-refractivity contribution in [2.75, 3.05) is 4.90 Å². The van der Waals surface area contributed by atoms with Crippen LogP contribution < -0.4 is 4.90 Å². The molecule has 0 saturated heterocycles. The first-order valence-corrected chi connectivity index (χ1v) is 23.3. The highest BCUT2D eigenvalue weighted by Crippen LogP contribution is 2.63. The summed E-state index contributed by atoms with van der Waals surface area (Å²) in [5.74, 6) is 0.700. The van der Waals surface area contributed by atoms with Crippen molar-refractivity contribution in [2.24, 2.45) is 0 Å². The van der Waals surface area contributed by atoms with Crippen molar-refractivity contribution in [1.29, 1.82) is 0 Å². The molecule has 0 amide bonds. The number of aromatic nitrogens is 2. The monoisotopic (exact) mass is 865 g/mol. The third-order valence-corrected chi connectivity index (χ3v) is 13.9. The van der Waals surface area contributed by atoms with Gasteiger partial charge in [0, 0.05) is 22.4 Å². The van der Waals surface area contributed by atoms with Crippen LogP contribution in [0.15, 0.2) is 261 Å². The van der Waals surface area contributed by atoms with E-state index in [0.29, 0.717) is 5.82 Å². The second-order valence-corrected chi connectivity index (χ2v) is 17.7. The molecule has 0 atom stereocenters. The van der Waals surface area contributed by atoms with Gasteiger partial charge >= 0.3 is 0 Å². The molecule has 13 rings (SSSR count). The lowest BCUT2D eigenvalue weighted by atomic mass is 9.64. The molecule has 318 valence electrons. The van der Waals surface area contributed by atoms with Gasteiger partial charge in [-0.05, 0) is 109 Å². The Morgan fingerprint density at radius 2 is 0.676 bits per heavy atom. The predicted octanol–water partition coefficient (Wildman–Crippen LogP) is 16.6. The first-order chi connectivity index (χ1) is 33.7. The van der Waals surface area contributed by atoms with Crippen molar-refractivity contribution < 1.29 is 0 Å². The van der Waals surface area contributed by atoms with Gasteiger partial charge in [-0.15, -0.1) is 0 Å². The lowest BCUT2D eigenvalue weighted by Gasteiger charge is -2.45. The normalized spacial score (nSPS) is 12.8. The van der Waals surface area contributed by atoms with Crippen molar-refractivity contribution >= 4 is 17.1 Å². The average molecular weight is 866 g/mol. The van der Waals surface area contributed by atoms with E-state index in [1.54, 1.807) is 0 Å². The number of rotatable bonds is 7. The Kier molecular flexibility index (Phi) is 9.40. The van der Waals surface area contributed by atoms with Crippen LogP contribution in [0.5, 0.6) is 0 Å². The number of para-hydroxylation sites is 3. The molecule has 3 nitrogen and oxygen atoms in total. The standard InChI is InChI=1S/C65H43N3/c1-4-17-44(18-5-1)45-33-37-49(38-34-45)64-66-60(47-19-6-2-7-20-47)43-61(67-64)48-35-31-46(32-36-48)50-21-16-22-51(41-50)52-39-40-55-54-25-10-11-26-56(54)65(59(55)42-52)57-27-12-14-29-62(57)68(53-23-8-3-9-24-53)63-30-15-13-28-58(63)65/h1-43H. The van der Waals surface area contributed by atoms with E-state index in [0.717, 1.165) is 50.5 Å². The summed E-state index contributed by atoms with van der Waals surface area (Å²) in [6.45, 7) is 0. The fraction of sp³-hybridized carbons (Fsp3) is 0.0154. The molecule has 0 saturated carbocycles. The van der Waals surface area contributed by atoms with E-state index in [9.17, 15) is 0 Å². The Balaban J connectivity index is 0.880. The molecule has 0 radical (unpaired) electrons. The topological polar surface area (TPSA) is 29.0 Å². The Bertz CT molecular complexity index is 3610. The quantitative estimate of drug-likeness (QED) is 0.160. The summed E-state index contributed by atoms with van der Waals surface area (Å²) in [6.07, 6.45) is 0. The maximum atomic E-state index is 5.17. The molecule has 3 heteroatoms. The van der Waals surface area contributed by atoms with Crippen molar-refractivity contribution in [3.05, 3.63) is 283 Å². The lowest BCUT2D eigenvalue weighted by Crippen LogP contribution is -2.36. The molecule has 11 aromatic rings. The number of hydrogen-bond donors (Lipinski definition) is 0. The molecular formula is C65H43N3. The van der Waals surface area contributed by atoms with E-state index in [1.807, 2.05) is 12.1 Å². The van der Waals surface area contributed by atoms with Crippen LogP contribution in [0.25, 0.3) is 78.4 Å². The van der Waals surface area contributed by atoms with Gasteiger partial charge in [-0.1, -0.05) is 218 Å². The van der Waals surface area contributed by atoms with Gasteiger partial charge in [-0.3, -0.25) is 0 Å². The minimum atomic E-state index is -0.513. The van der Waals surface area contributed by atoms with Gasteiger partial charge in [0.15, 0.2) is 5.82 Å². The van der Waals surface area contributed by atoms with Crippen LogP contribution in [-0.2, 0) is 5.41 Å². The Morgan fingerprint density at radius 1 is 0.265 bits per heavy atom. The number of anilines is 3. The van der Waals surface area contributed by atoms with Crippen LogP contribution in [0, 0.1) is 0 Å². The molecule has 0 bridgehead atoms. The van der Waals surface area contributed by atoms with E-state index in [4.69, 9.17) is 9.97 Å². The number of benzene rings is 10. The molecule has 1 aromatic heterocycles. The van der Waals surface area contributed by atoms with Crippen LogP contribution in [0.1, 0.15) is 22.3 Å². The molecule has 2 heterocycles. The van der Waals surface area contributed by atoms with E-state index in [-0.39, 0.29) is 0 Å². The zero-order chi connectivity index (χ0) is 45.0. The smallest absolute Gasteiger partial charge is 0.160 e. The van der Waals surface area contributed by atoms with Gasteiger partial charge in [-0.2, -0.15) is 0 Å². The average Bonchev–Trinajstić information content (AvgIpc) is 3.71. The van der Waals surface area contributed by atoms with Crippen LogP contribution in [0.2, 0.25) is 0 Å². The predicted molar refractivity (Wildman–Crippen MR) is 280 cm³/mol. The molecular weight excluding hydrogens is 823 g/mol. The molecule has 0 N–H and O–H groups in total. The minimum absolute atomic E-state index is 0.513. The van der Waals surface area contributed by atoms with Crippen molar-refractivity contribution in [3.8, 4) is 78.4 Å². The number of nitrogens with zero attached hydrogens (tertiary/aromatic N) is 3. The maximum Gasteiger partial charge on any atom is 0.160 e. The largest absolute Gasteiger partial charge is 0.310 e. The van der Waals surface area contributed by atoms with E-state index >= 15 is 0 Å². The van der Waals surface area contributed by atoms with Crippen LogP contribution in [-0.4, -0.2) is 9.97 Å². The lowest BCUT2D eigenvalue weighted by molar-refractivity contribution is 0.753. The van der Waals surface area contributed by atoms with Crippen LogP contribution in [0.4, 0.5) is 17.1 Å². The summed E-state index contributed by atoms with van der Waals surface area (Å²) >= 11 is 0. The van der Waals surface area contributed by atoms with Crippen LogP contribution >= 0.6 is 0 Å². The molecule has 1 aliphatic heterocycles. The fourth-order valence-electron chi connectivity index (χ4n) is 10.8. The minimum Gasteiger partial charge on any atom is -0.310 e. The summed E-state index contributed by atoms with van der Waals surface area (Å²) in [4.78, 5) is 12.7. The Labute approximate surface area is 397 Å². The van der Waals surface area contributed by atoms with Crippen molar-refractivity contribution in [1.82, 2.24) is 9.97 Å². The van der Waals surface area contributed by atoms with E-state index in [2.05, 4.69) is 254 Å². The number of hydrogen-bond acceptors (Lipinski definition) is 3. The Morgan fingerprint density at radius 3 is 1.32 bits per heavy atom. The molecule has 1 spiro atoms. The summed E-state index contributed by atoms with van der Waals surface area (Å²) in [6, 6.07) is 94.2. The summed E-state index contributed by atoms with van der Waals surface area (Å²) in [7, 11) is 0. The van der Waals surface area contributed by atoms with Gasteiger partial charge in [0.25, 0.3) is 0 Å². The Hall–Kier alpha value is -8.92. The molecule has 10 aromatic carbocycles. The highest BCUT2D eigenvalue weighted by Gasteiger charge is 2.51. The van der Waals surface area contributed by atoms with Gasteiger partial charge in [0.05, 0.1) is 28.2 Å². The third kappa shape index (κ3) is 6.43. The zero-order valence-corrected chi connectivity index (χ0v) is 37.2. The van der Waals surface area contributed by atoms with Gasteiger partial charge < -0.3 is 4.90 Å². The van der Waals surface area contributed by atoms with E-state index in [1.165, 1.54) is 61.4 Å². The summed E-state index contributed by atoms with van der Waals surface area (Å²) in [5, 5.41) is 0. The summed E-state index contributed by atoms with van der Waals surface area (Å²) < 4.78 is 0. The number of fused-ring (bicyclic) bond motifs is 9. The SMILES string of the molecule is c1ccc(-c2ccc(-c3nc(-c4ccccc4)cc(-c4ccc(-c5cccc(-c6ccc7c(c6)C6(c8ccccc8-7)c7ccccc7N(c7ccccc7)c7ccccc76)c5)cc4)n3)cc2)cc1. The highest BCUT2D eigenvalue weighted by molar-refractivity contribution is 5.96. The van der Waals surface area contributed by atoms with Crippen LogP contribution in [0.3, 0.4) is 0 Å². The van der Waals surface area contributed by atoms with Gasteiger partial charge in [0.2, 0.25) is 0 Å². The molecule has 0 unspecified atom stereocenters. The molecule has 1 aliphatic carbocycles. The molecule has 0 fully saturated rings. The third-order valence-electron chi connectivity index (χ3n) is 13.9. The second-order valence-electron chi connectivity index (χ2n) is 17.7. The second kappa shape index (κ2) is 16.2. The van der Waals surface area contributed by atoms with Gasteiger partial charge in [-0.25, -0.2) is 9.97 Å². The molecule has 68 heavy (non-hydrogen) atoms. The van der Waals surface area contributed by atoms with Crippen molar-refractivity contribution in [2.45, 2.75) is 5.41 Å². The maximum absolute atomic E-state index is 5.17. The first-order valence-electron chi connectivity index (χ1n) is 23.3. The fourth-order valence-corrected chi connectivity index (χ4v) is 10.8. The molecule has 2 aliphatic rings.